The summed E-state index contributed by atoms with van der Waals surface area (Å²) in [7, 11) is -4.16. The van der Waals surface area contributed by atoms with E-state index in [-0.39, 0.29) is 29.8 Å². The third kappa shape index (κ3) is 8.36. The Kier molecular flexibility index (Phi) is 10.8. The molecule has 0 saturated heterocycles. The van der Waals surface area contributed by atoms with Crippen LogP contribution >= 0.6 is 11.6 Å². The largest absolute Gasteiger partial charge is 0.352 e. The Bertz CT molecular complexity index is 1740. The minimum atomic E-state index is -4.16. The van der Waals surface area contributed by atoms with E-state index in [1.54, 1.807) is 48.5 Å². The molecule has 0 heterocycles. The number of anilines is 1. The number of nitrogens with one attached hydrogen (secondary N) is 1. The summed E-state index contributed by atoms with van der Waals surface area (Å²) in [5.41, 5.74) is 3.73. The molecule has 5 rings (SSSR count). The smallest absolute Gasteiger partial charge is 0.264 e. The van der Waals surface area contributed by atoms with Crippen LogP contribution in [0.3, 0.4) is 0 Å². The van der Waals surface area contributed by atoms with Gasteiger partial charge in [0.15, 0.2) is 0 Å². The summed E-state index contributed by atoms with van der Waals surface area (Å²) in [6.45, 7) is 3.35. The molecule has 1 aliphatic carbocycles. The molecule has 2 amide bonds. The third-order valence-electron chi connectivity index (χ3n) is 8.32. The van der Waals surface area contributed by atoms with Gasteiger partial charge in [-0.3, -0.25) is 13.9 Å². The molecule has 0 aliphatic heterocycles. The maximum absolute atomic E-state index is 14.6. The molecule has 240 valence electrons. The summed E-state index contributed by atoms with van der Waals surface area (Å²) < 4.78 is 29.6. The normalized spacial score (nSPS) is 14.1. The Labute approximate surface area is 277 Å². The highest BCUT2D eigenvalue weighted by molar-refractivity contribution is 7.92. The summed E-state index contributed by atoms with van der Waals surface area (Å²) in [6.07, 6.45) is 4.13. The lowest BCUT2D eigenvalue weighted by Gasteiger charge is -2.34. The van der Waals surface area contributed by atoms with Crippen molar-refractivity contribution in [3.8, 4) is 0 Å². The Hall–Kier alpha value is -4.14. The van der Waals surface area contributed by atoms with Crippen molar-refractivity contribution in [3.05, 3.63) is 130 Å². The molecule has 1 N–H and O–H groups in total. The minimum absolute atomic E-state index is 0.0409. The van der Waals surface area contributed by atoms with Crippen LogP contribution in [-0.4, -0.2) is 43.8 Å². The lowest BCUT2D eigenvalue weighted by molar-refractivity contribution is -0.140. The molecule has 0 unspecified atom stereocenters. The van der Waals surface area contributed by atoms with E-state index in [2.05, 4.69) is 5.32 Å². The molecular formula is C37H40ClN3O4S. The van der Waals surface area contributed by atoms with Crippen molar-refractivity contribution in [3.63, 3.8) is 0 Å². The van der Waals surface area contributed by atoms with Gasteiger partial charge in [-0.25, -0.2) is 8.42 Å². The van der Waals surface area contributed by atoms with E-state index in [1.165, 1.54) is 17.0 Å². The van der Waals surface area contributed by atoms with E-state index in [0.29, 0.717) is 10.7 Å². The minimum Gasteiger partial charge on any atom is -0.352 e. The van der Waals surface area contributed by atoms with Crippen molar-refractivity contribution >= 4 is 39.1 Å². The van der Waals surface area contributed by atoms with Gasteiger partial charge in [-0.2, -0.15) is 0 Å². The van der Waals surface area contributed by atoms with E-state index in [4.69, 9.17) is 11.6 Å². The number of benzene rings is 4. The van der Waals surface area contributed by atoms with Crippen LogP contribution < -0.4 is 9.62 Å². The summed E-state index contributed by atoms with van der Waals surface area (Å²) in [5.74, 6) is -0.754. The molecule has 0 bridgehead atoms. The Morgan fingerprint density at radius 1 is 0.826 bits per heavy atom. The molecule has 7 nitrogen and oxygen atoms in total. The van der Waals surface area contributed by atoms with Crippen molar-refractivity contribution in [1.29, 1.82) is 0 Å². The summed E-state index contributed by atoms with van der Waals surface area (Å²) >= 11 is 6.34. The van der Waals surface area contributed by atoms with E-state index in [1.807, 2.05) is 56.3 Å². The molecule has 9 heteroatoms. The first-order chi connectivity index (χ1) is 22.1. The number of hydrogen-bond acceptors (Lipinski definition) is 4. The molecule has 1 aliphatic rings. The van der Waals surface area contributed by atoms with Crippen LogP contribution in [0.1, 0.15) is 47.9 Å². The maximum Gasteiger partial charge on any atom is 0.264 e. The molecule has 1 saturated carbocycles. The lowest BCUT2D eigenvalue weighted by atomic mass is 10.0. The number of aryl methyl sites for hydroxylation is 2. The summed E-state index contributed by atoms with van der Waals surface area (Å²) in [4.78, 5) is 30.3. The quantitative estimate of drug-likeness (QED) is 0.181. The average molecular weight is 658 g/mol. The third-order valence-corrected chi connectivity index (χ3v) is 10.3. The van der Waals surface area contributed by atoms with Gasteiger partial charge in [0.25, 0.3) is 10.0 Å². The van der Waals surface area contributed by atoms with Crippen LogP contribution in [0, 0.1) is 13.8 Å². The van der Waals surface area contributed by atoms with Crippen molar-refractivity contribution in [1.82, 2.24) is 10.2 Å². The Balaban J connectivity index is 1.58. The fraction of sp³-hybridized carbons (Fsp3) is 0.297. The lowest BCUT2D eigenvalue weighted by Crippen LogP contribution is -2.54. The van der Waals surface area contributed by atoms with Gasteiger partial charge in [0, 0.05) is 24.0 Å². The van der Waals surface area contributed by atoms with E-state index in [9.17, 15) is 18.0 Å². The monoisotopic (exact) mass is 657 g/mol. The molecule has 4 aromatic carbocycles. The van der Waals surface area contributed by atoms with Crippen LogP contribution in [0.15, 0.2) is 108 Å². The topological polar surface area (TPSA) is 86.8 Å². The highest BCUT2D eigenvalue weighted by Gasteiger charge is 2.35. The van der Waals surface area contributed by atoms with Crippen molar-refractivity contribution in [2.45, 2.75) is 69.5 Å². The molecule has 0 aromatic heterocycles. The summed E-state index contributed by atoms with van der Waals surface area (Å²) in [6, 6.07) is 29.4. The fourth-order valence-corrected chi connectivity index (χ4v) is 7.73. The number of carbonyl (C=O) groups is 2. The van der Waals surface area contributed by atoms with Crippen LogP contribution in [0.5, 0.6) is 0 Å². The van der Waals surface area contributed by atoms with Gasteiger partial charge in [0.1, 0.15) is 12.6 Å². The highest BCUT2D eigenvalue weighted by atomic mass is 35.5. The van der Waals surface area contributed by atoms with Gasteiger partial charge < -0.3 is 10.2 Å². The number of rotatable bonds is 12. The number of sulfonamides is 1. The summed E-state index contributed by atoms with van der Waals surface area (Å²) in [5, 5.41) is 3.70. The number of hydrogen-bond donors (Lipinski definition) is 1. The number of halogens is 1. The predicted octanol–water partition coefficient (Wildman–Crippen LogP) is 6.85. The van der Waals surface area contributed by atoms with Crippen LogP contribution in [0.4, 0.5) is 5.69 Å². The predicted molar refractivity (Wildman–Crippen MR) is 183 cm³/mol. The second kappa shape index (κ2) is 15.0. The first-order valence-electron chi connectivity index (χ1n) is 15.6. The molecule has 46 heavy (non-hydrogen) atoms. The van der Waals surface area contributed by atoms with Crippen LogP contribution in [0.2, 0.25) is 5.02 Å². The zero-order valence-corrected chi connectivity index (χ0v) is 27.8. The first-order valence-corrected chi connectivity index (χ1v) is 17.5. The zero-order valence-electron chi connectivity index (χ0n) is 26.2. The van der Waals surface area contributed by atoms with E-state index in [0.717, 1.165) is 52.2 Å². The molecule has 0 spiro atoms. The zero-order chi connectivity index (χ0) is 32.7. The maximum atomic E-state index is 14.6. The Morgan fingerprint density at radius 2 is 1.43 bits per heavy atom. The van der Waals surface area contributed by atoms with Crippen molar-refractivity contribution in [2.24, 2.45) is 0 Å². The fourth-order valence-electron chi connectivity index (χ4n) is 6.10. The second-order valence-electron chi connectivity index (χ2n) is 12.0. The van der Waals surface area contributed by atoms with Gasteiger partial charge in [0.05, 0.1) is 10.6 Å². The number of nitrogens with zero attached hydrogens (tertiary/aromatic N) is 2. The molecule has 1 atom stereocenters. The van der Waals surface area contributed by atoms with Gasteiger partial charge in [-0.05, 0) is 85.3 Å². The molecule has 1 fully saturated rings. The van der Waals surface area contributed by atoms with Gasteiger partial charge >= 0.3 is 0 Å². The van der Waals surface area contributed by atoms with Gasteiger partial charge in [0.2, 0.25) is 11.8 Å². The van der Waals surface area contributed by atoms with Gasteiger partial charge in [-0.15, -0.1) is 0 Å². The molecule has 4 aromatic rings. The van der Waals surface area contributed by atoms with E-state index < -0.39 is 28.5 Å². The van der Waals surface area contributed by atoms with Crippen LogP contribution in [-0.2, 0) is 32.6 Å². The SMILES string of the molecule is Cc1cc(C)cc(N(CC(=O)N(Cc2cccc(Cl)c2)[C@H](Cc2ccccc2)C(=O)NC2CCCC2)S(=O)(=O)c2ccccc2)c1. The van der Waals surface area contributed by atoms with Crippen LogP contribution in [0.25, 0.3) is 0 Å². The second-order valence-corrected chi connectivity index (χ2v) is 14.3. The Morgan fingerprint density at radius 3 is 2.07 bits per heavy atom. The number of carbonyl (C=O) groups excluding carboxylic acids is 2. The highest BCUT2D eigenvalue weighted by Crippen LogP contribution is 2.27. The first kappa shape index (κ1) is 33.2. The average Bonchev–Trinajstić information content (AvgIpc) is 3.55. The van der Waals surface area contributed by atoms with E-state index >= 15 is 0 Å². The van der Waals surface area contributed by atoms with Crippen molar-refractivity contribution < 1.29 is 18.0 Å². The molecule has 0 radical (unpaired) electrons. The van der Waals surface area contributed by atoms with Gasteiger partial charge in [-0.1, -0.05) is 91.2 Å². The van der Waals surface area contributed by atoms with Crippen molar-refractivity contribution in [2.75, 3.05) is 10.8 Å². The number of amides is 2. The standard InChI is InChI=1S/C37H40ClN3O4S/c1-27-20-28(2)22-33(21-27)41(46(44,45)34-18-7-4-8-19-34)26-36(42)40(25-30-14-11-15-31(38)23-30)35(24-29-12-5-3-6-13-29)37(43)39-32-16-9-10-17-32/h3-8,11-15,18-23,32,35H,9-10,16-17,24-26H2,1-2H3,(H,39,43)/t35-/m1/s1. The molecular weight excluding hydrogens is 618 g/mol.